The first-order valence-corrected chi connectivity index (χ1v) is 7.37. The summed E-state index contributed by atoms with van der Waals surface area (Å²) >= 11 is 0. The molecule has 1 aliphatic heterocycles. The normalized spacial score (nSPS) is 19.1. The molecule has 6 heteroatoms. The molecule has 2 heterocycles. The van der Waals surface area contributed by atoms with E-state index in [9.17, 15) is 9.18 Å². The number of amides is 1. The lowest BCUT2D eigenvalue weighted by Gasteiger charge is -2.19. The highest BCUT2D eigenvalue weighted by Crippen LogP contribution is 2.19. The van der Waals surface area contributed by atoms with Gasteiger partial charge in [-0.15, -0.1) is 0 Å². The third-order valence-electron chi connectivity index (χ3n) is 3.84. The number of carbonyl (C=O) groups is 1. The molecule has 1 saturated heterocycles. The number of nitrogens with one attached hydrogen (secondary N) is 2. The summed E-state index contributed by atoms with van der Waals surface area (Å²) in [6.45, 7) is 2.69. The van der Waals surface area contributed by atoms with Crippen LogP contribution in [-0.4, -0.2) is 34.9 Å². The minimum Gasteiger partial charge on any atom is -0.376 e. The zero-order chi connectivity index (χ0) is 15.5. The van der Waals surface area contributed by atoms with Gasteiger partial charge in [-0.3, -0.25) is 9.89 Å². The Labute approximate surface area is 127 Å². The number of aromatic amines is 1. The average molecular weight is 303 g/mol. The highest BCUT2D eigenvalue weighted by atomic mass is 19.1. The van der Waals surface area contributed by atoms with E-state index in [1.54, 1.807) is 18.2 Å². The number of carbonyl (C=O) groups excluding carboxylic acids is 1. The van der Waals surface area contributed by atoms with Crippen molar-refractivity contribution in [1.82, 2.24) is 15.5 Å². The van der Waals surface area contributed by atoms with Gasteiger partial charge in [-0.1, -0.05) is 0 Å². The molecule has 1 fully saturated rings. The zero-order valence-corrected chi connectivity index (χ0v) is 12.3. The second-order valence-corrected chi connectivity index (χ2v) is 5.49. The van der Waals surface area contributed by atoms with Crippen LogP contribution in [0.3, 0.4) is 0 Å². The second-order valence-electron chi connectivity index (χ2n) is 5.49. The van der Waals surface area contributed by atoms with E-state index in [1.807, 2.05) is 6.92 Å². The van der Waals surface area contributed by atoms with E-state index in [4.69, 9.17) is 4.74 Å². The van der Waals surface area contributed by atoms with E-state index in [0.29, 0.717) is 11.4 Å². The SMILES string of the molecule is C[C@@H](NC(=O)c1cc(-c2ccc(F)cc2)n[nH]1)[C@H]1CCCO1. The minimum atomic E-state index is -0.303. The maximum absolute atomic E-state index is 12.9. The zero-order valence-electron chi connectivity index (χ0n) is 12.3. The number of benzene rings is 1. The molecule has 1 aliphatic rings. The van der Waals surface area contributed by atoms with Gasteiger partial charge >= 0.3 is 0 Å². The van der Waals surface area contributed by atoms with Crippen molar-refractivity contribution in [1.29, 1.82) is 0 Å². The van der Waals surface area contributed by atoms with Crippen molar-refractivity contribution in [3.63, 3.8) is 0 Å². The van der Waals surface area contributed by atoms with Crippen molar-refractivity contribution in [2.75, 3.05) is 6.61 Å². The maximum atomic E-state index is 12.9. The van der Waals surface area contributed by atoms with Gasteiger partial charge in [0.05, 0.1) is 17.8 Å². The van der Waals surface area contributed by atoms with Crippen molar-refractivity contribution >= 4 is 5.91 Å². The van der Waals surface area contributed by atoms with Gasteiger partial charge in [0.15, 0.2) is 0 Å². The summed E-state index contributed by atoms with van der Waals surface area (Å²) in [4.78, 5) is 12.2. The van der Waals surface area contributed by atoms with Crippen LogP contribution in [0.15, 0.2) is 30.3 Å². The molecule has 0 radical (unpaired) electrons. The molecule has 2 atom stereocenters. The molecule has 0 bridgehead atoms. The summed E-state index contributed by atoms with van der Waals surface area (Å²) in [6.07, 6.45) is 2.07. The first-order chi connectivity index (χ1) is 10.6. The Hall–Kier alpha value is -2.21. The Morgan fingerprint density at radius 3 is 2.91 bits per heavy atom. The Kier molecular flexibility index (Phi) is 4.20. The van der Waals surface area contributed by atoms with Gasteiger partial charge in [0, 0.05) is 12.2 Å². The summed E-state index contributed by atoms with van der Waals surface area (Å²) in [5, 5.41) is 9.74. The topological polar surface area (TPSA) is 67.0 Å². The molecular formula is C16H18FN3O2. The summed E-state index contributed by atoms with van der Waals surface area (Å²) in [5.74, 6) is -0.522. The van der Waals surface area contributed by atoms with E-state index >= 15 is 0 Å². The fraction of sp³-hybridized carbons (Fsp3) is 0.375. The molecule has 1 aromatic heterocycles. The quantitative estimate of drug-likeness (QED) is 0.912. The van der Waals surface area contributed by atoms with Crippen molar-refractivity contribution in [3.8, 4) is 11.3 Å². The van der Waals surface area contributed by atoms with E-state index in [2.05, 4.69) is 15.5 Å². The predicted molar refractivity (Wildman–Crippen MR) is 79.9 cm³/mol. The van der Waals surface area contributed by atoms with Gasteiger partial charge in [-0.05, 0) is 50.1 Å². The Bertz CT molecular complexity index is 648. The molecule has 2 N–H and O–H groups in total. The monoisotopic (exact) mass is 303 g/mol. The van der Waals surface area contributed by atoms with Crippen molar-refractivity contribution in [3.05, 3.63) is 41.8 Å². The van der Waals surface area contributed by atoms with Crippen LogP contribution in [0.5, 0.6) is 0 Å². The van der Waals surface area contributed by atoms with Gasteiger partial charge in [0.2, 0.25) is 0 Å². The largest absolute Gasteiger partial charge is 0.376 e. The lowest BCUT2D eigenvalue weighted by atomic mass is 10.1. The minimum absolute atomic E-state index is 0.0485. The van der Waals surface area contributed by atoms with Gasteiger partial charge < -0.3 is 10.1 Å². The molecule has 0 unspecified atom stereocenters. The molecule has 5 nitrogen and oxygen atoms in total. The molecular weight excluding hydrogens is 285 g/mol. The molecule has 22 heavy (non-hydrogen) atoms. The summed E-state index contributed by atoms with van der Waals surface area (Å²) < 4.78 is 18.5. The molecule has 1 amide bonds. The summed E-state index contributed by atoms with van der Waals surface area (Å²) in [5.41, 5.74) is 1.74. The Morgan fingerprint density at radius 1 is 1.45 bits per heavy atom. The van der Waals surface area contributed by atoms with Crippen LogP contribution in [0.1, 0.15) is 30.3 Å². The Morgan fingerprint density at radius 2 is 2.23 bits per heavy atom. The molecule has 2 aromatic rings. The third-order valence-corrected chi connectivity index (χ3v) is 3.84. The number of hydrogen-bond acceptors (Lipinski definition) is 3. The molecule has 116 valence electrons. The van der Waals surface area contributed by atoms with Crippen LogP contribution in [0.2, 0.25) is 0 Å². The van der Waals surface area contributed by atoms with Gasteiger partial charge in [-0.2, -0.15) is 5.10 Å². The number of ether oxygens (including phenoxy) is 1. The summed E-state index contributed by atoms with van der Waals surface area (Å²) in [7, 11) is 0. The van der Waals surface area contributed by atoms with Gasteiger partial charge in [0.1, 0.15) is 11.5 Å². The van der Waals surface area contributed by atoms with Crippen molar-refractivity contribution in [2.45, 2.75) is 31.9 Å². The number of hydrogen-bond donors (Lipinski definition) is 2. The lowest BCUT2D eigenvalue weighted by molar-refractivity contribution is 0.0709. The second kappa shape index (κ2) is 6.27. The number of halogens is 1. The molecule has 1 aromatic carbocycles. The fourth-order valence-corrected chi connectivity index (χ4v) is 2.58. The smallest absolute Gasteiger partial charge is 0.269 e. The standard InChI is InChI=1S/C16H18FN3O2/c1-10(15-3-2-8-22-15)18-16(21)14-9-13(19-20-14)11-4-6-12(17)7-5-11/h4-7,9-10,15H,2-3,8H2,1H3,(H,18,21)(H,19,20)/t10-,15-/m1/s1. The van der Waals surface area contributed by atoms with Crippen LogP contribution >= 0.6 is 0 Å². The van der Waals surface area contributed by atoms with Crippen LogP contribution in [0, 0.1) is 5.82 Å². The van der Waals surface area contributed by atoms with E-state index < -0.39 is 0 Å². The fourth-order valence-electron chi connectivity index (χ4n) is 2.58. The first-order valence-electron chi connectivity index (χ1n) is 7.37. The van der Waals surface area contributed by atoms with Crippen LogP contribution in [-0.2, 0) is 4.74 Å². The first kappa shape index (κ1) is 14.7. The highest BCUT2D eigenvalue weighted by molar-refractivity contribution is 5.93. The van der Waals surface area contributed by atoms with Crippen molar-refractivity contribution in [2.24, 2.45) is 0 Å². The Balaban J connectivity index is 1.67. The number of rotatable bonds is 4. The molecule has 0 aliphatic carbocycles. The van der Waals surface area contributed by atoms with Crippen LogP contribution in [0.25, 0.3) is 11.3 Å². The van der Waals surface area contributed by atoms with E-state index in [-0.39, 0.29) is 23.9 Å². The average Bonchev–Trinajstić information content (AvgIpc) is 3.20. The summed E-state index contributed by atoms with van der Waals surface area (Å²) in [6, 6.07) is 7.59. The van der Waals surface area contributed by atoms with E-state index in [0.717, 1.165) is 25.0 Å². The van der Waals surface area contributed by atoms with Gasteiger partial charge in [-0.25, -0.2) is 4.39 Å². The van der Waals surface area contributed by atoms with Crippen LogP contribution in [0.4, 0.5) is 4.39 Å². The number of nitrogens with zero attached hydrogens (tertiary/aromatic N) is 1. The van der Waals surface area contributed by atoms with Crippen LogP contribution < -0.4 is 5.32 Å². The molecule has 3 rings (SSSR count). The number of aromatic nitrogens is 2. The molecule has 0 spiro atoms. The predicted octanol–water partition coefficient (Wildman–Crippen LogP) is 2.51. The maximum Gasteiger partial charge on any atom is 0.269 e. The highest BCUT2D eigenvalue weighted by Gasteiger charge is 2.24. The lowest BCUT2D eigenvalue weighted by Crippen LogP contribution is -2.40. The molecule has 0 saturated carbocycles. The van der Waals surface area contributed by atoms with Gasteiger partial charge in [0.25, 0.3) is 5.91 Å². The van der Waals surface area contributed by atoms with E-state index in [1.165, 1.54) is 12.1 Å². The number of H-pyrrole nitrogens is 1. The van der Waals surface area contributed by atoms with Crippen molar-refractivity contribution < 1.29 is 13.9 Å². The third kappa shape index (κ3) is 3.17.